The van der Waals surface area contributed by atoms with Crippen LogP contribution in [0.4, 0.5) is 5.82 Å². The Morgan fingerprint density at radius 1 is 1.29 bits per heavy atom. The number of aromatic carboxylic acids is 1. The molecule has 2 aliphatic heterocycles. The van der Waals surface area contributed by atoms with Gasteiger partial charge in [0.25, 0.3) is 0 Å². The fourth-order valence-electron chi connectivity index (χ4n) is 4.39. The van der Waals surface area contributed by atoms with Crippen molar-refractivity contribution in [3.05, 3.63) is 22.9 Å². The van der Waals surface area contributed by atoms with E-state index in [1.165, 1.54) is 0 Å². The van der Waals surface area contributed by atoms with Crippen molar-refractivity contribution >= 4 is 11.8 Å². The zero-order chi connectivity index (χ0) is 16.7. The lowest BCUT2D eigenvalue weighted by Crippen LogP contribution is -2.63. The van der Waals surface area contributed by atoms with Crippen LogP contribution in [0.3, 0.4) is 0 Å². The molecule has 1 spiro atoms. The van der Waals surface area contributed by atoms with E-state index in [2.05, 4.69) is 16.8 Å². The standard InChI is InChI=1S/C18H25N3O3/c1-20-7-8-21(12-18(20)5-9-24-10-6-18)16-14(17(22)23)11-13-3-2-4-15(13)19-16/h11H,2-10,12H2,1H3,(H,22,23). The van der Waals surface area contributed by atoms with Crippen LogP contribution in [0.5, 0.6) is 0 Å². The maximum atomic E-state index is 11.8. The molecule has 0 amide bonds. The van der Waals surface area contributed by atoms with Crippen molar-refractivity contribution < 1.29 is 14.6 Å². The van der Waals surface area contributed by atoms with Crippen LogP contribution < -0.4 is 4.90 Å². The molecule has 1 aliphatic carbocycles. The van der Waals surface area contributed by atoms with Gasteiger partial charge < -0.3 is 14.7 Å². The zero-order valence-corrected chi connectivity index (χ0v) is 14.3. The summed E-state index contributed by atoms with van der Waals surface area (Å²) in [4.78, 5) is 21.2. The van der Waals surface area contributed by atoms with Crippen LogP contribution in [0, 0.1) is 0 Å². The maximum Gasteiger partial charge on any atom is 0.339 e. The predicted octanol–water partition coefficient (Wildman–Crippen LogP) is 1.57. The van der Waals surface area contributed by atoms with Gasteiger partial charge in [-0.15, -0.1) is 0 Å². The summed E-state index contributed by atoms with van der Waals surface area (Å²) in [6.07, 6.45) is 4.98. The first-order chi connectivity index (χ1) is 11.6. The third kappa shape index (κ3) is 2.58. The number of hydrogen-bond donors (Lipinski definition) is 1. The van der Waals surface area contributed by atoms with E-state index in [1.54, 1.807) is 0 Å². The minimum Gasteiger partial charge on any atom is -0.478 e. The summed E-state index contributed by atoms with van der Waals surface area (Å²) in [6.45, 7) is 4.14. The number of nitrogens with zero attached hydrogens (tertiary/aromatic N) is 3. The van der Waals surface area contributed by atoms with Crippen LogP contribution in [0.1, 0.15) is 40.9 Å². The number of fused-ring (bicyclic) bond motifs is 1. The summed E-state index contributed by atoms with van der Waals surface area (Å²) in [6, 6.07) is 1.86. The lowest BCUT2D eigenvalue weighted by molar-refractivity contribution is -0.0222. The Kier molecular flexibility index (Phi) is 3.96. The molecule has 2 fully saturated rings. The van der Waals surface area contributed by atoms with Gasteiger partial charge in [0.15, 0.2) is 0 Å². The second kappa shape index (κ2) is 6.01. The van der Waals surface area contributed by atoms with E-state index < -0.39 is 5.97 Å². The highest BCUT2D eigenvalue weighted by Crippen LogP contribution is 2.34. The van der Waals surface area contributed by atoms with Crippen molar-refractivity contribution in [3.63, 3.8) is 0 Å². The van der Waals surface area contributed by atoms with E-state index in [4.69, 9.17) is 9.72 Å². The summed E-state index contributed by atoms with van der Waals surface area (Å²) >= 11 is 0. The number of ether oxygens (including phenoxy) is 1. The molecule has 0 aromatic carbocycles. The topological polar surface area (TPSA) is 65.9 Å². The summed E-state index contributed by atoms with van der Waals surface area (Å²) in [7, 11) is 2.18. The van der Waals surface area contributed by atoms with Gasteiger partial charge in [-0.2, -0.15) is 0 Å². The fourth-order valence-corrected chi connectivity index (χ4v) is 4.39. The van der Waals surface area contributed by atoms with E-state index in [-0.39, 0.29) is 5.54 Å². The molecular formula is C18H25N3O3. The Morgan fingerprint density at radius 3 is 2.83 bits per heavy atom. The number of aryl methyl sites for hydroxylation is 2. The van der Waals surface area contributed by atoms with Crippen LogP contribution in [-0.2, 0) is 17.6 Å². The molecule has 1 aromatic heterocycles. The van der Waals surface area contributed by atoms with E-state index in [1.807, 2.05) is 6.07 Å². The lowest BCUT2D eigenvalue weighted by Gasteiger charge is -2.51. The van der Waals surface area contributed by atoms with Crippen molar-refractivity contribution in [2.75, 3.05) is 44.8 Å². The van der Waals surface area contributed by atoms with Gasteiger partial charge in [-0.1, -0.05) is 0 Å². The van der Waals surface area contributed by atoms with Gasteiger partial charge in [-0.25, -0.2) is 9.78 Å². The minimum absolute atomic E-state index is 0.0764. The second-order valence-electron chi connectivity index (χ2n) is 7.30. The molecule has 3 aliphatic rings. The Morgan fingerprint density at radius 2 is 2.08 bits per heavy atom. The van der Waals surface area contributed by atoms with Crippen LogP contribution >= 0.6 is 0 Å². The first-order valence-electron chi connectivity index (χ1n) is 8.89. The summed E-state index contributed by atoms with van der Waals surface area (Å²) in [5.41, 5.74) is 2.65. The molecule has 0 radical (unpaired) electrons. The number of likely N-dealkylation sites (N-methyl/N-ethyl adjacent to an activating group) is 1. The first-order valence-corrected chi connectivity index (χ1v) is 8.89. The van der Waals surface area contributed by atoms with Crippen LogP contribution in [0.15, 0.2) is 6.07 Å². The number of anilines is 1. The Bertz CT molecular complexity index is 655. The molecule has 1 aromatic rings. The van der Waals surface area contributed by atoms with Crippen molar-refractivity contribution in [1.82, 2.24) is 9.88 Å². The van der Waals surface area contributed by atoms with Gasteiger partial charge in [-0.05, 0) is 50.8 Å². The number of aromatic nitrogens is 1. The molecule has 0 saturated carbocycles. The third-order valence-corrected chi connectivity index (χ3v) is 5.98. The molecule has 3 heterocycles. The zero-order valence-electron chi connectivity index (χ0n) is 14.3. The molecule has 6 nitrogen and oxygen atoms in total. The van der Waals surface area contributed by atoms with Gasteiger partial charge in [0.1, 0.15) is 11.4 Å². The molecule has 130 valence electrons. The smallest absolute Gasteiger partial charge is 0.339 e. The molecular weight excluding hydrogens is 306 g/mol. The second-order valence-corrected chi connectivity index (χ2v) is 7.30. The van der Waals surface area contributed by atoms with Crippen molar-refractivity contribution in [1.29, 1.82) is 0 Å². The maximum absolute atomic E-state index is 11.8. The number of carboxylic acids is 1. The van der Waals surface area contributed by atoms with Gasteiger partial charge >= 0.3 is 5.97 Å². The van der Waals surface area contributed by atoms with E-state index in [0.29, 0.717) is 11.4 Å². The Labute approximate surface area is 142 Å². The van der Waals surface area contributed by atoms with Gasteiger partial charge in [0.2, 0.25) is 0 Å². The molecule has 6 heteroatoms. The minimum atomic E-state index is -0.868. The number of carbonyl (C=O) groups is 1. The number of carboxylic acid groups (broad SMARTS) is 1. The molecule has 0 unspecified atom stereocenters. The number of rotatable bonds is 2. The molecule has 2 saturated heterocycles. The van der Waals surface area contributed by atoms with E-state index in [9.17, 15) is 9.90 Å². The quantitative estimate of drug-likeness (QED) is 0.887. The predicted molar refractivity (Wildman–Crippen MR) is 90.8 cm³/mol. The average Bonchev–Trinajstić information content (AvgIpc) is 3.04. The summed E-state index contributed by atoms with van der Waals surface area (Å²) < 4.78 is 5.55. The highest BCUT2D eigenvalue weighted by atomic mass is 16.5. The monoisotopic (exact) mass is 331 g/mol. The highest BCUT2D eigenvalue weighted by molar-refractivity contribution is 5.93. The fraction of sp³-hybridized carbons (Fsp3) is 0.667. The van der Waals surface area contributed by atoms with Crippen LogP contribution in [-0.4, -0.2) is 66.4 Å². The summed E-state index contributed by atoms with van der Waals surface area (Å²) in [5.74, 6) is -0.200. The van der Waals surface area contributed by atoms with Gasteiger partial charge in [0.05, 0.1) is 0 Å². The van der Waals surface area contributed by atoms with Gasteiger partial charge in [-0.3, -0.25) is 4.90 Å². The van der Waals surface area contributed by atoms with Crippen molar-refractivity contribution in [2.24, 2.45) is 0 Å². The normalized spacial score (nSPS) is 23.5. The summed E-state index contributed by atoms with van der Waals surface area (Å²) in [5, 5.41) is 9.68. The first kappa shape index (κ1) is 15.8. The molecule has 24 heavy (non-hydrogen) atoms. The largest absolute Gasteiger partial charge is 0.478 e. The number of hydrogen-bond acceptors (Lipinski definition) is 5. The molecule has 1 N–H and O–H groups in total. The Hall–Kier alpha value is -1.66. The highest BCUT2D eigenvalue weighted by Gasteiger charge is 2.42. The van der Waals surface area contributed by atoms with Crippen LogP contribution in [0.25, 0.3) is 0 Å². The molecule has 4 rings (SSSR count). The Balaban J connectivity index is 1.69. The van der Waals surface area contributed by atoms with Crippen molar-refractivity contribution in [2.45, 2.75) is 37.6 Å². The lowest BCUT2D eigenvalue weighted by atomic mass is 9.86. The van der Waals surface area contributed by atoms with Gasteiger partial charge in [0, 0.05) is 44.1 Å². The third-order valence-electron chi connectivity index (χ3n) is 5.98. The average molecular weight is 331 g/mol. The van der Waals surface area contributed by atoms with Crippen LogP contribution in [0.2, 0.25) is 0 Å². The SMILES string of the molecule is CN1CCN(c2nc3c(cc2C(=O)O)CCC3)CC12CCOCC2. The van der Waals surface area contributed by atoms with Crippen molar-refractivity contribution in [3.8, 4) is 0 Å². The molecule has 0 atom stereocenters. The van der Waals surface area contributed by atoms with E-state index in [0.717, 1.165) is 76.2 Å². The molecule has 0 bridgehead atoms. The number of pyridine rings is 1. The number of piperazine rings is 1. The van der Waals surface area contributed by atoms with E-state index >= 15 is 0 Å².